The number of esters is 2. The van der Waals surface area contributed by atoms with E-state index in [0.29, 0.717) is 22.1 Å². The summed E-state index contributed by atoms with van der Waals surface area (Å²) in [6, 6.07) is 3.53. The van der Waals surface area contributed by atoms with Gasteiger partial charge >= 0.3 is 11.9 Å². The van der Waals surface area contributed by atoms with Crippen LogP contribution in [-0.4, -0.2) is 31.1 Å². The van der Waals surface area contributed by atoms with Gasteiger partial charge in [-0.3, -0.25) is 9.59 Å². The summed E-state index contributed by atoms with van der Waals surface area (Å²) in [5.41, 5.74) is 0.755. The molecule has 2 heterocycles. The number of aryl methyl sites for hydroxylation is 1. The fourth-order valence-corrected chi connectivity index (χ4v) is 3.04. The van der Waals surface area contributed by atoms with Gasteiger partial charge in [0.25, 0.3) is 5.91 Å². The van der Waals surface area contributed by atoms with Crippen molar-refractivity contribution in [1.82, 2.24) is 0 Å². The molecule has 0 aliphatic carbocycles. The van der Waals surface area contributed by atoms with Gasteiger partial charge in [0, 0.05) is 10.9 Å². The van der Waals surface area contributed by atoms with E-state index in [4.69, 9.17) is 13.9 Å². The van der Waals surface area contributed by atoms with Crippen molar-refractivity contribution in [2.45, 2.75) is 27.7 Å². The molecule has 0 aliphatic rings. The van der Waals surface area contributed by atoms with Gasteiger partial charge in [0.05, 0.1) is 12.5 Å². The molecule has 140 valence electrons. The maximum absolute atomic E-state index is 12.4. The number of thiophene rings is 1. The molecule has 1 amide bonds. The SMILES string of the molecule is CCOC(=O)c1c(-c2ccc(C)o2)csc1NC(=O)COC(=O)C(C)C. The van der Waals surface area contributed by atoms with Crippen molar-refractivity contribution in [2.24, 2.45) is 5.92 Å². The van der Waals surface area contributed by atoms with E-state index in [1.165, 1.54) is 11.3 Å². The first-order valence-corrected chi connectivity index (χ1v) is 9.03. The number of rotatable bonds is 7. The van der Waals surface area contributed by atoms with Gasteiger partial charge < -0.3 is 19.2 Å². The van der Waals surface area contributed by atoms with Crippen molar-refractivity contribution in [1.29, 1.82) is 0 Å². The zero-order valence-corrected chi connectivity index (χ0v) is 15.9. The molecule has 26 heavy (non-hydrogen) atoms. The Morgan fingerprint density at radius 2 is 1.96 bits per heavy atom. The number of carbonyl (C=O) groups excluding carboxylic acids is 3. The minimum Gasteiger partial charge on any atom is -0.462 e. The highest BCUT2D eigenvalue weighted by atomic mass is 32.1. The molecule has 0 saturated carbocycles. The molecule has 0 aromatic carbocycles. The van der Waals surface area contributed by atoms with E-state index in [1.807, 2.05) is 0 Å². The molecule has 0 bridgehead atoms. The van der Waals surface area contributed by atoms with E-state index in [1.54, 1.807) is 45.2 Å². The molecule has 0 aliphatic heterocycles. The second kappa shape index (κ2) is 8.66. The van der Waals surface area contributed by atoms with Crippen LogP contribution in [0.3, 0.4) is 0 Å². The zero-order valence-electron chi connectivity index (χ0n) is 15.1. The predicted octanol–water partition coefficient (Wildman–Crippen LogP) is 3.63. The van der Waals surface area contributed by atoms with Crippen LogP contribution in [0.2, 0.25) is 0 Å². The van der Waals surface area contributed by atoms with E-state index in [9.17, 15) is 14.4 Å². The molecular formula is C18H21NO6S. The number of anilines is 1. The van der Waals surface area contributed by atoms with Crippen LogP contribution in [0, 0.1) is 12.8 Å². The quantitative estimate of drug-likeness (QED) is 0.738. The first-order chi connectivity index (χ1) is 12.3. The average Bonchev–Trinajstić information content (AvgIpc) is 3.18. The van der Waals surface area contributed by atoms with Crippen LogP contribution >= 0.6 is 11.3 Å². The van der Waals surface area contributed by atoms with Crippen molar-refractivity contribution in [3.05, 3.63) is 28.8 Å². The van der Waals surface area contributed by atoms with Gasteiger partial charge in [-0.25, -0.2) is 4.79 Å². The Hall–Kier alpha value is -2.61. The highest BCUT2D eigenvalue weighted by Crippen LogP contribution is 2.37. The molecule has 0 radical (unpaired) electrons. The van der Waals surface area contributed by atoms with E-state index >= 15 is 0 Å². The molecule has 2 rings (SSSR count). The predicted molar refractivity (Wildman–Crippen MR) is 97.1 cm³/mol. The molecule has 0 fully saturated rings. The van der Waals surface area contributed by atoms with Gasteiger partial charge in [-0.1, -0.05) is 13.8 Å². The van der Waals surface area contributed by atoms with Crippen molar-refractivity contribution >= 4 is 34.2 Å². The summed E-state index contributed by atoms with van der Waals surface area (Å²) < 4.78 is 15.6. The van der Waals surface area contributed by atoms with Crippen LogP contribution in [0.4, 0.5) is 5.00 Å². The van der Waals surface area contributed by atoms with E-state index in [0.717, 1.165) is 0 Å². The summed E-state index contributed by atoms with van der Waals surface area (Å²) in [5, 5.41) is 4.63. The van der Waals surface area contributed by atoms with Crippen molar-refractivity contribution < 1.29 is 28.3 Å². The minimum atomic E-state index is -0.563. The molecule has 2 aromatic heterocycles. The van der Waals surface area contributed by atoms with Gasteiger partial charge in [0.2, 0.25) is 0 Å². The Bertz CT molecular complexity index is 804. The third-order valence-corrected chi connectivity index (χ3v) is 4.24. The Balaban J connectivity index is 2.22. The van der Waals surface area contributed by atoms with Crippen molar-refractivity contribution in [3.8, 4) is 11.3 Å². The summed E-state index contributed by atoms with van der Waals surface area (Å²) in [6.45, 7) is 6.62. The summed E-state index contributed by atoms with van der Waals surface area (Å²) in [7, 11) is 0. The zero-order chi connectivity index (χ0) is 19.3. The van der Waals surface area contributed by atoms with Gasteiger partial charge in [0.15, 0.2) is 6.61 Å². The van der Waals surface area contributed by atoms with Crippen molar-refractivity contribution in [3.63, 3.8) is 0 Å². The standard InChI is InChI=1S/C18H21NO6S/c1-5-23-18(22)15-12(13-7-6-11(4)25-13)9-26-16(15)19-14(20)8-24-17(21)10(2)3/h6-7,9-10H,5,8H2,1-4H3,(H,19,20). The van der Waals surface area contributed by atoms with Crippen LogP contribution in [0.25, 0.3) is 11.3 Å². The molecule has 1 N–H and O–H groups in total. The molecule has 7 nitrogen and oxygen atoms in total. The molecule has 0 unspecified atom stereocenters. The lowest BCUT2D eigenvalue weighted by Gasteiger charge is -2.09. The molecular weight excluding hydrogens is 358 g/mol. The van der Waals surface area contributed by atoms with Crippen LogP contribution < -0.4 is 5.32 Å². The Kier molecular flexibility index (Phi) is 6.57. The van der Waals surface area contributed by atoms with Gasteiger partial charge in [-0.2, -0.15) is 0 Å². The first kappa shape index (κ1) is 19.7. The molecule has 0 atom stereocenters. The maximum Gasteiger partial charge on any atom is 0.341 e. The fraction of sp³-hybridized carbons (Fsp3) is 0.389. The summed E-state index contributed by atoms with van der Waals surface area (Å²) in [6.07, 6.45) is 0. The van der Waals surface area contributed by atoms with E-state index < -0.39 is 24.5 Å². The maximum atomic E-state index is 12.4. The third kappa shape index (κ3) is 4.72. The highest BCUT2D eigenvalue weighted by Gasteiger charge is 2.24. The number of hydrogen-bond donors (Lipinski definition) is 1. The fourth-order valence-electron chi connectivity index (χ4n) is 2.08. The van der Waals surface area contributed by atoms with Crippen LogP contribution in [0.1, 0.15) is 36.9 Å². The smallest absolute Gasteiger partial charge is 0.341 e. The molecule has 2 aromatic rings. The summed E-state index contributed by atoms with van der Waals surface area (Å²) in [4.78, 5) is 35.9. The summed E-state index contributed by atoms with van der Waals surface area (Å²) >= 11 is 1.17. The van der Waals surface area contributed by atoms with Crippen LogP contribution in [0.5, 0.6) is 0 Å². The Labute approximate surface area is 155 Å². The average molecular weight is 379 g/mol. The van der Waals surface area contributed by atoms with Crippen molar-refractivity contribution in [2.75, 3.05) is 18.5 Å². The summed E-state index contributed by atoms with van der Waals surface area (Å²) in [5.74, 6) is -0.682. The van der Waals surface area contributed by atoms with Gasteiger partial charge in [-0.15, -0.1) is 11.3 Å². The lowest BCUT2D eigenvalue weighted by atomic mass is 10.1. The van der Waals surface area contributed by atoms with Gasteiger partial charge in [-0.05, 0) is 26.0 Å². The number of carbonyl (C=O) groups is 3. The van der Waals surface area contributed by atoms with E-state index in [2.05, 4.69) is 5.32 Å². The minimum absolute atomic E-state index is 0.199. The third-order valence-electron chi connectivity index (χ3n) is 3.35. The number of ether oxygens (including phenoxy) is 2. The molecule has 0 spiro atoms. The van der Waals surface area contributed by atoms with Gasteiger partial charge in [0.1, 0.15) is 22.1 Å². The second-order valence-electron chi connectivity index (χ2n) is 5.79. The van der Waals surface area contributed by atoms with Crippen LogP contribution in [-0.2, 0) is 19.1 Å². The van der Waals surface area contributed by atoms with E-state index in [-0.39, 0.29) is 18.1 Å². The second-order valence-corrected chi connectivity index (χ2v) is 6.67. The Morgan fingerprint density at radius 1 is 1.23 bits per heavy atom. The molecule has 0 saturated heterocycles. The lowest BCUT2D eigenvalue weighted by molar-refractivity contribution is -0.150. The van der Waals surface area contributed by atoms with Crippen LogP contribution in [0.15, 0.2) is 21.9 Å². The number of furan rings is 1. The molecule has 8 heteroatoms. The lowest BCUT2D eigenvalue weighted by Crippen LogP contribution is -2.23. The largest absolute Gasteiger partial charge is 0.462 e. The topological polar surface area (TPSA) is 94.8 Å². The normalized spacial score (nSPS) is 10.7. The monoisotopic (exact) mass is 379 g/mol. The first-order valence-electron chi connectivity index (χ1n) is 8.15. The Morgan fingerprint density at radius 3 is 2.54 bits per heavy atom. The number of nitrogens with one attached hydrogen (secondary N) is 1. The number of amides is 1. The number of hydrogen-bond acceptors (Lipinski definition) is 7. The highest BCUT2D eigenvalue weighted by molar-refractivity contribution is 7.15.